The van der Waals surface area contributed by atoms with Gasteiger partial charge >= 0.3 is 0 Å². The summed E-state index contributed by atoms with van der Waals surface area (Å²) in [5.74, 6) is -0.326. The van der Waals surface area contributed by atoms with Crippen LogP contribution in [0.15, 0.2) is 35.2 Å². The quantitative estimate of drug-likeness (QED) is 0.463. The molecule has 0 aliphatic carbocycles. The van der Waals surface area contributed by atoms with Gasteiger partial charge in [-0.25, -0.2) is 8.42 Å². The monoisotopic (exact) mass is 488 g/mol. The van der Waals surface area contributed by atoms with Crippen molar-refractivity contribution in [2.24, 2.45) is 0 Å². The second-order valence-corrected chi connectivity index (χ2v) is 10.8. The van der Waals surface area contributed by atoms with E-state index in [1.165, 1.54) is 21.3 Å². The summed E-state index contributed by atoms with van der Waals surface area (Å²) in [4.78, 5) is 25.2. The number of nitrogens with one attached hydrogen (secondary N) is 1. The molecule has 1 amide bonds. The standard InChI is InChI=1S/C24H32N4O5S/c1-17-13-18(2)24(19(3)14-17)25-23(29)16-26(4)21-10-9-20(15-22(21)28(30)31)34(32,33)27-11-7-5-6-8-12-27/h9-10,13-15H,5-8,11-12,16H2,1-4H3,(H,25,29). The molecule has 1 fully saturated rings. The highest BCUT2D eigenvalue weighted by Gasteiger charge is 2.29. The summed E-state index contributed by atoms with van der Waals surface area (Å²) >= 11 is 0. The number of hydrogen-bond acceptors (Lipinski definition) is 6. The maximum atomic E-state index is 13.1. The largest absolute Gasteiger partial charge is 0.360 e. The molecule has 0 aromatic heterocycles. The van der Waals surface area contributed by atoms with Gasteiger partial charge in [0.15, 0.2) is 0 Å². The van der Waals surface area contributed by atoms with Crippen molar-refractivity contribution in [2.75, 3.05) is 36.9 Å². The minimum Gasteiger partial charge on any atom is -0.360 e. The molecular weight excluding hydrogens is 456 g/mol. The average molecular weight is 489 g/mol. The molecule has 2 aromatic rings. The van der Waals surface area contributed by atoms with Gasteiger partial charge in [-0.1, -0.05) is 30.5 Å². The molecule has 0 spiro atoms. The average Bonchev–Trinajstić information content (AvgIpc) is 3.06. The molecule has 1 aliphatic heterocycles. The molecule has 0 unspecified atom stereocenters. The Morgan fingerprint density at radius 1 is 1.06 bits per heavy atom. The van der Waals surface area contributed by atoms with Crippen LogP contribution in [0.5, 0.6) is 0 Å². The first-order valence-electron chi connectivity index (χ1n) is 11.4. The molecule has 1 aliphatic rings. The Morgan fingerprint density at radius 2 is 1.65 bits per heavy atom. The van der Waals surface area contributed by atoms with Crippen LogP contribution in [0.1, 0.15) is 42.4 Å². The highest BCUT2D eigenvalue weighted by Crippen LogP contribution is 2.32. The number of carbonyl (C=O) groups is 1. The molecule has 184 valence electrons. The lowest BCUT2D eigenvalue weighted by Crippen LogP contribution is -2.32. The Bertz CT molecular complexity index is 1160. The van der Waals surface area contributed by atoms with Crippen molar-refractivity contribution >= 4 is 33.0 Å². The van der Waals surface area contributed by atoms with Crippen molar-refractivity contribution in [3.63, 3.8) is 0 Å². The lowest BCUT2D eigenvalue weighted by atomic mass is 10.1. The highest BCUT2D eigenvalue weighted by atomic mass is 32.2. The summed E-state index contributed by atoms with van der Waals surface area (Å²) < 4.78 is 27.6. The number of aryl methyl sites for hydroxylation is 3. The first-order chi connectivity index (χ1) is 16.0. The third-order valence-corrected chi connectivity index (χ3v) is 7.97. The normalized spacial score (nSPS) is 14.9. The second kappa shape index (κ2) is 10.5. The number of benzene rings is 2. The number of sulfonamides is 1. The summed E-state index contributed by atoms with van der Waals surface area (Å²) in [7, 11) is -2.26. The number of nitrogens with zero attached hydrogens (tertiary/aromatic N) is 3. The van der Waals surface area contributed by atoms with E-state index in [-0.39, 0.29) is 28.7 Å². The summed E-state index contributed by atoms with van der Waals surface area (Å²) in [6, 6.07) is 7.82. The van der Waals surface area contributed by atoms with E-state index in [4.69, 9.17) is 0 Å². The van der Waals surface area contributed by atoms with E-state index in [1.54, 1.807) is 7.05 Å². The van der Waals surface area contributed by atoms with Crippen molar-refractivity contribution in [2.45, 2.75) is 51.3 Å². The number of carbonyl (C=O) groups excluding carboxylic acids is 1. The summed E-state index contributed by atoms with van der Waals surface area (Å²) in [5.41, 5.74) is 3.50. The highest BCUT2D eigenvalue weighted by molar-refractivity contribution is 7.89. The van der Waals surface area contributed by atoms with Gasteiger partial charge in [0.2, 0.25) is 15.9 Å². The van der Waals surface area contributed by atoms with Crippen LogP contribution in [0.3, 0.4) is 0 Å². The third-order valence-electron chi connectivity index (χ3n) is 6.08. The smallest absolute Gasteiger partial charge is 0.293 e. The molecule has 9 nitrogen and oxygen atoms in total. The first kappa shape index (κ1) is 25.6. The van der Waals surface area contributed by atoms with E-state index in [9.17, 15) is 23.3 Å². The van der Waals surface area contributed by atoms with Crippen molar-refractivity contribution in [3.8, 4) is 0 Å². The van der Waals surface area contributed by atoms with Gasteiger partial charge in [0, 0.05) is 31.9 Å². The lowest BCUT2D eigenvalue weighted by Gasteiger charge is -2.22. The fourth-order valence-electron chi connectivity index (χ4n) is 4.42. The SMILES string of the molecule is Cc1cc(C)c(NC(=O)CN(C)c2ccc(S(=O)(=O)N3CCCCCC3)cc2[N+](=O)[O-])c(C)c1. The zero-order valence-electron chi connectivity index (χ0n) is 20.1. The first-order valence-corrected chi connectivity index (χ1v) is 12.8. The van der Waals surface area contributed by atoms with Gasteiger partial charge in [-0.05, 0) is 56.9 Å². The molecule has 0 radical (unpaired) electrons. The lowest BCUT2D eigenvalue weighted by molar-refractivity contribution is -0.384. The molecular formula is C24H32N4O5S. The maximum absolute atomic E-state index is 13.1. The minimum atomic E-state index is -3.83. The number of nitro benzene ring substituents is 1. The van der Waals surface area contributed by atoms with Crippen molar-refractivity contribution in [1.82, 2.24) is 4.31 Å². The minimum absolute atomic E-state index is 0.103. The van der Waals surface area contributed by atoms with Gasteiger partial charge in [0.05, 0.1) is 16.4 Å². The van der Waals surface area contributed by atoms with E-state index in [1.807, 2.05) is 32.9 Å². The van der Waals surface area contributed by atoms with Gasteiger partial charge in [-0.15, -0.1) is 0 Å². The van der Waals surface area contributed by atoms with Crippen molar-refractivity contribution in [1.29, 1.82) is 0 Å². The topological polar surface area (TPSA) is 113 Å². The van der Waals surface area contributed by atoms with Crippen LogP contribution in [-0.4, -0.2) is 50.2 Å². The Kier molecular flexibility index (Phi) is 7.93. The Balaban J connectivity index is 1.82. The number of nitro groups is 1. The Hall–Kier alpha value is -2.98. The molecule has 1 heterocycles. The molecule has 1 saturated heterocycles. The van der Waals surface area contributed by atoms with Crippen molar-refractivity contribution < 1.29 is 18.1 Å². The summed E-state index contributed by atoms with van der Waals surface area (Å²) in [6.45, 7) is 6.49. The Labute approximate surface area is 201 Å². The van der Waals surface area contributed by atoms with Crippen molar-refractivity contribution in [3.05, 3.63) is 57.1 Å². The van der Waals surface area contributed by atoms with Gasteiger partial charge < -0.3 is 10.2 Å². The number of rotatable bonds is 7. The molecule has 3 rings (SSSR count). The molecule has 1 N–H and O–H groups in total. The van der Waals surface area contributed by atoms with Crippen LogP contribution in [0.4, 0.5) is 17.1 Å². The number of hydrogen-bond donors (Lipinski definition) is 1. The molecule has 0 atom stereocenters. The number of anilines is 2. The maximum Gasteiger partial charge on any atom is 0.293 e. The van der Waals surface area contributed by atoms with Crippen LogP contribution >= 0.6 is 0 Å². The third kappa shape index (κ3) is 5.74. The molecule has 0 bridgehead atoms. The molecule has 10 heteroatoms. The van der Waals surface area contributed by atoms with Crippen LogP contribution in [0, 0.1) is 30.9 Å². The molecule has 2 aromatic carbocycles. The summed E-state index contributed by atoms with van der Waals surface area (Å²) in [6.07, 6.45) is 3.49. The van der Waals surface area contributed by atoms with Gasteiger partial charge in [-0.2, -0.15) is 4.31 Å². The van der Waals surface area contributed by atoms with Gasteiger partial charge in [0.25, 0.3) is 5.69 Å². The van der Waals surface area contributed by atoms with Gasteiger partial charge in [-0.3, -0.25) is 14.9 Å². The fourth-order valence-corrected chi connectivity index (χ4v) is 5.96. The van der Waals surface area contributed by atoms with Crippen LogP contribution < -0.4 is 10.2 Å². The predicted molar refractivity (Wildman–Crippen MR) is 133 cm³/mol. The zero-order chi connectivity index (χ0) is 25.0. The van der Waals surface area contributed by atoms with E-state index >= 15 is 0 Å². The number of likely N-dealkylation sites (N-methyl/N-ethyl adjacent to an activating group) is 1. The van der Waals surface area contributed by atoms with E-state index in [2.05, 4.69) is 5.32 Å². The Morgan fingerprint density at radius 3 is 2.21 bits per heavy atom. The molecule has 0 saturated carbocycles. The fraction of sp³-hybridized carbons (Fsp3) is 0.458. The van der Waals surface area contributed by atoms with E-state index in [0.29, 0.717) is 13.1 Å². The van der Waals surface area contributed by atoms with E-state index in [0.717, 1.165) is 54.1 Å². The van der Waals surface area contributed by atoms with Crippen LogP contribution in [0.25, 0.3) is 0 Å². The number of amides is 1. The second-order valence-electron chi connectivity index (χ2n) is 8.90. The van der Waals surface area contributed by atoms with Crippen LogP contribution in [0.2, 0.25) is 0 Å². The zero-order valence-corrected chi connectivity index (χ0v) is 20.9. The van der Waals surface area contributed by atoms with Gasteiger partial charge in [0.1, 0.15) is 5.69 Å². The van der Waals surface area contributed by atoms with Crippen LogP contribution in [-0.2, 0) is 14.8 Å². The molecule has 34 heavy (non-hydrogen) atoms. The van der Waals surface area contributed by atoms with E-state index < -0.39 is 14.9 Å². The summed E-state index contributed by atoms with van der Waals surface area (Å²) in [5, 5.41) is 14.7. The predicted octanol–water partition coefficient (Wildman–Crippen LogP) is 4.16.